The Bertz CT molecular complexity index is 1170. The van der Waals surface area contributed by atoms with Gasteiger partial charge in [0.15, 0.2) is 0 Å². The number of benzene rings is 2. The average Bonchev–Trinajstić information content (AvgIpc) is 2.72. The first-order valence-electron chi connectivity index (χ1n) is 10.5. The third-order valence-electron chi connectivity index (χ3n) is 5.14. The van der Waals surface area contributed by atoms with Gasteiger partial charge in [-0.25, -0.2) is 8.42 Å². The van der Waals surface area contributed by atoms with E-state index in [4.69, 9.17) is 34.8 Å². The zero-order valence-corrected chi connectivity index (χ0v) is 22.7. The first kappa shape index (κ1) is 28.2. The zero-order chi connectivity index (χ0) is 25.8. The lowest BCUT2D eigenvalue weighted by molar-refractivity contribution is -0.139. The Morgan fingerprint density at radius 2 is 1.68 bits per heavy atom. The lowest BCUT2D eigenvalue weighted by atomic mass is 10.1. The molecule has 0 aromatic heterocycles. The van der Waals surface area contributed by atoms with Gasteiger partial charge in [0.05, 0.1) is 11.9 Å². The molecule has 0 aliphatic rings. The first-order valence-corrected chi connectivity index (χ1v) is 13.5. The molecule has 2 aromatic rings. The molecule has 0 radical (unpaired) electrons. The van der Waals surface area contributed by atoms with Gasteiger partial charge in [-0.05, 0) is 63.1 Å². The fourth-order valence-corrected chi connectivity index (χ4v) is 4.82. The summed E-state index contributed by atoms with van der Waals surface area (Å²) < 4.78 is 26.3. The highest BCUT2D eigenvalue weighted by atomic mass is 35.5. The Kier molecular flexibility index (Phi) is 9.65. The van der Waals surface area contributed by atoms with Crippen LogP contribution in [0.4, 0.5) is 5.69 Å². The van der Waals surface area contributed by atoms with Crippen molar-refractivity contribution in [2.45, 2.75) is 46.3 Å². The van der Waals surface area contributed by atoms with Gasteiger partial charge in [-0.2, -0.15) is 0 Å². The second-order valence-electron chi connectivity index (χ2n) is 8.25. The summed E-state index contributed by atoms with van der Waals surface area (Å²) in [6, 6.07) is 8.60. The number of hydrogen-bond acceptors (Lipinski definition) is 4. The van der Waals surface area contributed by atoms with Gasteiger partial charge in [0, 0.05) is 27.7 Å². The quantitative estimate of drug-likeness (QED) is 0.494. The lowest BCUT2D eigenvalue weighted by Gasteiger charge is -2.32. The van der Waals surface area contributed by atoms with Gasteiger partial charge in [0.25, 0.3) is 0 Å². The maximum Gasteiger partial charge on any atom is 0.244 e. The summed E-state index contributed by atoms with van der Waals surface area (Å²) in [5.41, 5.74) is 1.36. The van der Waals surface area contributed by atoms with Gasteiger partial charge in [-0.15, -0.1) is 0 Å². The molecule has 11 heteroatoms. The number of nitrogens with one attached hydrogen (secondary N) is 1. The van der Waals surface area contributed by atoms with E-state index >= 15 is 0 Å². The molecular weight excluding hydrogens is 521 g/mol. The van der Waals surface area contributed by atoms with Crippen LogP contribution in [0.3, 0.4) is 0 Å². The number of hydrogen-bond donors (Lipinski definition) is 1. The third kappa shape index (κ3) is 7.25. The van der Waals surface area contributed by atoms with Crippen LogP contribution in [0.5, 0.6) is 0 Å². The molecule has 2 rings (SSSR count). The lowest BCUT2D eigenvalue weighted by Crippen LogP contribution is -2.52. The molecule has 0 aliphatic heterocycles. The molecule has 7 nitrogen and oxygen atoms in total. The highest BCUT2D eigenvalue weighted by molar-refractivity contribution is 7.92. The average molecular weight is 549 g/mol. The predicted octanol–water partition coefficient (Wildman–Crippen LogP) is 4.66. The molecule has 2 amide bonds. The molecule has 0 saturated heterocycles. The monoisotopic (exact) mass is 547 g/mol. The van der Waals surface area contributed by atoms with Crippen molar-refractivity contribution in [1.29, 1.82) is 0 Å². The van der Waals surface area contributed by atoms with Crippen LogP contribution < -0.4 is 9.62 Å². The summed E-state index contributed by atoms with van der Waals surface area (Å²) in [6.45, 7) is 6.32. The molecular formula is C23H28Cl3N3O4S. The van der Waals surface area contributed by atoms with Crippen molar-refractivity contribution in [2.24, 2.45) is 0 Å². The van der Waals surface area contributed by atoms with Crippen LogP contribution in [0, 0.1) is 6.92 Å². The zero-order valence-electron chi connectivity index (χ0n) is 19.6. The fourth-order valence-electron chi connectivity index (χ4n) is 3.28. The largest absolute Gasteiger partial charge is 0.352 e. The SMILES string of the molecule is Cc1c(Cl)cccc1N(CC(=O)N(Cc1ccc(Cl)cc1Cl)[C@H](C)C(=O)NC(C)C)S(C)(=O)=O. The minimum Gasteiger partial charge on any atom is -0.352 e. The Balaban J connectivity index is 2.47. The van der Waals surface area contributed by atoms with E-state index in [2.05, 4.69) is 5.32 Å². The van der Waals surface area contributed by atoms with Gasteiger partial charge in [-0.3, -0.25) is 13.9 Å². The van der Waals surface area contributed by atoms with Crippen LogP contribution in [0.25, 0.3) is 0 Å². The smallest absolute Gasteiger partial charge is 0.244 e. The predicted molar refractivity (Wildman–Crippen MR) is 138 cm³/mol. The number of carbonyl (C=O) groups excluding carboxylic acids is 2. The molecule has 1 atom stereocenters. The molecule has 0 spiro atoms. The Morgan fingerprint density at radius 1 is 1.03 bits per heavy atom. The number of carbonyl (C=O) groups is 2. The number of amides is 2. The number of rotatable bonds is 9. The van der Waals surface area contributed by atoms with Crippen molar-refractivity contribution in [3.63, 3.8) is 0 Å². The topological polar surface area (TPSA) is 86.8 Å². The van der Waals surface area contributed by atoms with E-state index in [-0.39, 0.29) is 24.2 Å². The maximum atomic E-state index is 13.5. The number of halogens is 3. The summed E-state index contributed by atoms with van der Waals surface area (Å²) in [5, 5.41) is 3.91. The normalized spacial score (nSPS) is 12.4. The summed E-state index contributed by atoms with van der Waals surface area (Å²) in [7, 11) is -3.85. The molecule has 0 heterocycles. The number of anilines is 1. The standard InChI is InChI=1S/C23H28Cl3N3O4S/c1-14(2)27-23(31)16(4)28(12-17-9-10-18(24)11-20(17)26)22(30)13-29(34(5,32)33)21-8-6-7-19(25)15(21)3/h6-11,14,16H,12-13H2,1-5H3,(H,27,31)/t16-/m1/s1. The summed E-state index contributed by atoms with van der Waals surface area (Å²) in [6.07, 6.45) is 1.01. The van der Waals surface area contributed by atoms with Gasteiger partial charge in [0.1, 0.15) is 12.6 Å². The molecule has 0 fully saturated rings. The molecule has 1 N–H and O–H groups in total. The highest BCUT2D eigenvalue weighted by Gasteiger charge is 2.31. The Labute approximate surface area is 216 Å². The molecule has 0 bridgehead atoms. The van der Waals surface area contributed by atoms with Crippen molar-refractivity contribution < 1.29 is 18.0 Å². The van der Waals surface area contributed by atoms with E-state index in [1.165, 1.54) is 11.0 Å². The van der Waals surface area contributed by atoms with Crippen LogP contribution >= 0.6 is 34.8 Å². The second kappa shape index (κ2) is 11.6. The van der Waals surface area contributed by atoms with Gasteiger partial charge in [0.2, 0.25) is 21.8 Å². The molecule has 0 unspecified atom stereocenters. The molecule has 34 heavy (non-hydrogen) atoms. The maximum absolute atomic E-state index is 13.5. The van der Waals surface area contributed by atoms with E-state index in [0.29, 0.717) is 26.2 Å². The third-order valence-corrected chi connectivity index (χ3v) is 7.26. The number of sulfonamides is 1. The van der Waals surface area contributed by atoms with Crippen LogP contribution in [0.1, 0.15) is 31.9 Å². The molecule has 186 valence electrons. The van der Waals surface area contributed by atoms with Crippen LogP contribution in [-0.4, -0.2) is 50.0 Å². The Hall–Kier alpha value is -2.00. The summed E-state index contributed by atoms with van der Waals surface area (Å²) >= 11 is 18.5. The van der Waals surface area contributed by atoms with E-state index in [1.54, 1.807) is 58.0 Å². The Morgan fingerprint density at radius 3 is 2.24 bits per heavy atom. The van der Waals surface area contributed by atoms with Crippen LogP contribution in [0.2, 0.25) is 15.1 Å². The van der Waals surface area contributed by atoms with Crippen LogP contribution in [0.15, 0.2) is 36.4 Å². The van der Waals surface area contributed by atoms with Gasteiger partial charge in [-0.1, -0.05) is 46.9 Å². The van der Waals surface area contributed by atoms with E-state index < -0.39 is 28.5 Å². The molecule has 0 saturated carbocycles. The van der Waals surface area contributed by atoms with E-state index in [1.807, 2.05) is 0 Å². The van der Waals surface area contributed by atoms with Crippen molar-refractivity contribution in [1.82, 2.24) is 10.2 Å². The first-order chi connectivity index (χ1) is 15.7. The van der Waals surface area contributed by atoms with E-state index in [9.17, 15) is 18.0 Å². The second-order valence-corrected chi connectivity index (χ2v) is 11.4. The van der Waals surface area contributed by atoms with Crippen molar-refractivity contribution in [3.05, 3.63) is 62.6 Å². The summed E-state index contributed by atoms with van der Waals surface area (Å²) in [5.74, 6) is -0.958. The van der Waals surface area contributed by atoms with Gasteiger partial charge < -0.3 is 10.2 Å². The highest BCUT2D eigenvalue weighted by Crippen LogP contribution is 2.29. The van der Waals surface area contributed by atoms with Crippen molar-refractivity contribution >= 4 is 62.3 Å². The van der Waals surface area contributed by atoms with Crippen LogP contribution in [-0.2, 0) is 26.2 Å². The van der Waals surface area contributed by atoms with Crippen molar-refractivity contribution in [2.75, 3.05) is 17.1 Å². The fraction of sp³-hybridized carbons (Fsp3) is 0.391. The number of nitrogens with zero attached hydrogens (tertiary/aromatic N) is 2. The van der Waals surface area contributed by atoms with Crippen molar-refractivity contribution in [3.8, 4) is 0 Å². The molecule has 2 aromatic carbocycles. The minimum absolute atomic E-state index is 0.0202. The molecule has 0 aliphatic carbocycles. The minimum atomic E-state index is -3.85. The van der Waals surface area contributed by atoms with E-state index in [0.717, 1.165) is 10.6 Å². The summed E-state index contributed by atoms with van der Waals surface area (Å²) in [4.78, 5) is 27.6. The van der Waals surface area contributed by atoms with Gasteiger partial charge >= 0.3 is 0 Å².